The van der Waals surface area contributed by atoms with Crippen LogP contribution in [0.3, 0.4) is 0 Å². The highest BCUT2D eigenvalue weighted by atomic mass is 16.4. The SMILES string of the molecule is NC(=O)c1ccccc1NC(CO)C(=O)O. The van der Waals surface area contributed by atoms with Gasteiger partial charge >= 0.3 is 5.97 Å². The first kappa shape index (κ1) is 12.0. The molecule has 6 nitrogen and oxygen atoms in total. The van der Waals surface area contributed by atoms with Crippen molar-refractivity contribution in [3.63, 3.8) is 0 Å². The molecule has 0 saturated heterocycles. The van der Waals surface area contributed by atoms with Crippen molar-refractivity contribution in [1.29, 1.82) is 0 Å². The number of carbonyl (C=O) groups is 2. The predicted octanol–water partition coefficient (Wildman–Crippen LogP) is -0.357. The van der Waals surface area contributed by atoms with E-state index in [2.05, 4.69) is 5.32 Å². The van der Waals surface area contributed by atoms with Crippen molar-refractivity contribution < 1.29 is 19.8 Å². The van der Waals surface area contributed by atoms with Crippen LogP contribution >= 0.6 is 0 Å². The van der Waals surface area contributed by atoms with Crippen LogP contribution in [-0.2, 0) is 4.79 Å². The summed E-state index contributed by atoms with van der Waals surface area (Å²) in [5.41, 5.74) is 5.59. The molecule has 0 aliphatic carbocycles. The minimum Gasteiger partial charge on any atom is -0.480 e. The molecular formula is C10H12N2O4. The number of hydrogen-bond acceptors (Lipinski definition) is 4. The number of rotatable bonds is 5. The Kier molecular flexibility index (Phi) is 3.84. The molecule has 86 valence electrons. The Bertz CT molecular complexity index is 406. The van der Waals surface area contributed by atoms with E-state index in [0.29, 0.717) is 0 Å². The average molecular weight is 224 g/mol. The highest BCUT2D eigenvalue weighted by molar-refractivity contribution is 5.99. The molecule has 0 saturated carbocycles. The van der Waals surface area contributed by atoms with Crippen molar-refractivity contribution in [2.75, 3.05) is 11.9 Å². The minimum atomic E-state index is -1.21. The second-order valence-corrected chi connectivity index (χ2v) is 3.13. The third-order valence-electron chi connectivity index (χ3n) is 2.00. The Labute approximate surface area is 91.7 Å². The number of carboxylic acid groups (broad SMARTS) is 1. The Morgan fingerprint density at radius 2 is 2.00 bits per heavy atom. The summed E-state index contributed by atoms with van der Waals surface area (Å²) < 4.78 is 0. The smallest absolute Gasteiger partial charge is 0.328 e. The number of amides is 1. The monoisotopic (exact) mass is 224 g/mol. The second-order valence-electron chi connectivity index (χ2n) is 3.13. The molecule has 1 rings (SSSR count). The molecule has 0 heterocycles. The van der Waals surface area contributed by atoms with E-state index in [-0.39, 0.29) is 11.3 Å². The fourth-order valence-corrected chi connectivity index (χ4v) is 1.20. The van der Waals surface area contributed by atoms with Gasteiger partial charge in [0, 0.05) is 5.69 Å². The first-order chi connectivity index (χ1) is 7.56. The third kappa shape index (κ3) is 2.71. The highest BCUT2D eigenvalue weighted by Crippen LogP contribution is 2.15. The average Bonchev–Trinajstić information content (AvgIpc) is 2.25. The molecule has 0 aliphatic rings. The van der Waals surface area contributed by atoms with Gasteiger partial charge in [-0.3, -0.25) is 4.79 Å². The topological polar surface area (TPSA) is 113 Å². The Morgan fingerprint density at radius 1 is 1.38 bits per heavy atom. The number of carboxylic acids is 1. The molecule has 0 aromatic heterocycles. The minimum absolute atomic E-state index is 0.183. The zero-order valence-corrected chi connectivity index (χ0v) is 8.38. The van der Waals surface area contributed by atoms with Crippen LogP contribution in [0, 0.1) is 0 Å². The lowest BCUT2D eigenvalue weighted by atomic mass is 10.1. The lowest BCUT2D eigenvalue weighted by Crippen LogP contribution is -2.33. The first-order valence-electron chi connectivity index (χ1n) is 4.55. The van der Waals surface area contributed by atoms with Gasteiger partial charge in [-0.15, -0.1) is 0 Å². The van der Waals surface area contributed by atoms with Gasteiger partial charge in [-0.2, -0.15) is 0 Å². The number of para-hydroxylation sites is 1. The van der Waals surface area contributed by atoms with Crippen molar-refractivity contribution in [2.45, 2.75) is 6.04 Å². The Hall–Kier alpha value is -2.08. The third-order valence-corrected chi connectivity index (χ3v) is 2.00. The molecule has 16 heavy (non-hydrogen) atoms. The maximum Gasteiger partial charge on any atom is 0.328 e. The fraction of sp³-hybridized carbons (Fsp3) is 0.200. The van der Waals surface area contributed by atoms with E-state index < -0.39 is 24.5 Å². The maximum absolute atomic E-state index is 11.0. The molecule has 0 fully saturated rings. The van der Waals surface area contributed by atoms with Crippen molar-refractivity contribution in [3.8, 4) is 0 Å². The summed E-state index contributed by atoms with van der Waals surface area (Å²) in [4.78, 5) is 21.7. The van der Waals surface area contributed by atoms with Gasteiger partial charge < -0.3 is 21.3 Å². The molecule has 0 spiro atoms. The number of aliphatic hydroxyl groups is 1. The number of hydrogen-bond donors (Lipinski definition) is 4. The second kappa shape index (κ2) is 5.13. The predicted molar refractivity (Wildman–Crippen MR) is 57.1 cm³/mol. The van der Waals surface area contributed by atoms with Gasteiger partial charge in [0.05, 0.1) is 12.2 Å². The standard InChI is InChI=1S/C10H12N2O4/c11-9(14)6-3-1-2-4-7(6)12-8(5-13)10(15)16/h1-4,8,12-13H,5H2,(H2,11,14)(H,15,16). The Morgan fingerprint density at radius 3 is 2.50 bits per heavy atom. The van der Waals surface area contributed by atoms with Crippen LogP contribution < -0.4 is 11.1 Å². The van der Waals surface area contributed by atoms with Crippen LogP contribution in [0.2, 0.25) is 0 Å². The van der Waals surface area contributed by atoms with Crippen LogP contribution in [0.4, 0.5) is 5.69 Å². The molecule has 1 aromatic carbocycles. The van der Waals surface area contributed by atoms with E-state index in [0.717, 1.165) is 0 Å². The highest BCUT2D eigenvalue weighted by Gasteiger charge is 2.18. The van der Waals surface area contributed by atoms with Gasteiger partial charge in [0.1, 0.15) is 6.04 Å². The zero-order valence-electron chi connectivity index (χ0n) is 8.38. The van der Waals surface area contributed by atoms with Crippen molar-refractivity contribution in [3.05, 3.63) is 29.8 Å². The zero-order chi connectivity index (χ0) is 12.1. The molecule has 0 bridgehead atoms. The molecule has 1 unspecified atom stereocenters. The van der Waals surface area contributed by atoms with E-state index in [1.165, 1.54) is 12.1 Å². The van der Waals surface area contributed by atoms with Gasteiger partial charge in [-0.25, -0.2) is 4.79 Å². The van der Waals surface area contributed by atoms with Crippen molar-refractivity contribution in [1.82, 2.24) is 0 Å². The van der Waals surface area contributed by atoms with E-state index in [1.807, 2.05) is 0 Å². The number of primary amides is 1. The summed E-state index contributed by atoms with van der Waals surface area (Å²) in [6.07, 6.45) is 0. The maximum atomic E-state index is 11.0. The van der Waals surface area contributed by atoms with Gasteiger partial charge in [0.25, 0.3) is 5.91 Å². The normalized spacial score (nSPS) is 11.8. The number of nitrogens with two attached hydrogens (primary N) is 1. The van der Waals surface area contributed by atoms with Crippen molar-refractivity contribution in [2.24, 2.45) is 5.73 Å². The molecule has 1 aromatic rings. The number of aliphatic carboxylic acids is 1. The van der Waals surface area contributed by atoms with Gasteiger partial charge in [-0.1, -0.05) is 12.1 Å². The molecule has 1 amide bonds. The van der Waals surface area contributed by atoms with Gasteiger partial charge in [-0.05, 0) is 12.1 Å². The summed E-state index contributed by atoms with van der Waals surface area (Å²) in [5, 5.41) is 20.1. The van der Waals surface area contributed by atoms with E-state index in [4.69, 9.17) is 15.9 Å². The molecule has 0 aliphatic heterocycles. The number of aliphatic hydroxyl groups excluding tert-OH is 1. The van der Waals surface area contributed by atoms with Crippen molar-refractivity contribution >= 4 is 17.6 Å². The molecule has 6 heteroatoms. The number of nitrogens with one attached hydrogen (secondary N) is 1. The molecule has 0 radical (unpaired) electrons. The van der Waals surface area contributed by atoms with Crippen LogP contribution in [0.25, 0.3) is 0 Å². The summed E-state index contributed by atoms with van der Waals surface area (Å²) in [5.74, 6) is -1.87. The number of carbonyl (C=O) groups excluding carboxylic acids is 1. The van der Waals surface area contributed by atoms with Crippen LogP contribution in [0.1, 0.15) is 10.4 Å². The largest absolute Gasteiger partial charge is 0.480 e. The molecule has 1 atom stereocenters. The van der Waals surface area contributed by atoms with E-state index in [9.17, 15) is 9.59 Å². The first-order valence-corrected chi connectivity index (χ1v) is 4.55. The molecule has 5 N–H and O–H groups in total. The summed E-state index contributed by atoms with van der Waals surface area (Å²) in [7, 11) is 0. The van der Waals surface area contributed by atoms with Crippen LogP contribution in [0.5, 0.6) is 0 Å². The summed E-state index contributed by atoms with van der Waals surface area (Å²) in [6, 6.07) is 5.07. The van der Waals surface area contributed by atoms with Crippen LogP contribution in [0.15, 0.2) is 24.3 Å². The lowest BCUT2D eigenvalue weighted by molar-refractivity contribution is -0.138. The number of benzene rings is 1. The van der Waals surface area contributed by atoms with Gasteiger partial charge in [0.15, 0.2) is 0 Å². The van der Waals surface area contributed by atoms with Crippen LogP contribution in [-0.4, -0.2) is 34.7 Å². The lowest BCUT2D eigenvalue weighted by Gasteiger charge is -2.14. The number of anilines is 1. The summed E-state index contributed by atoms with van der Waals surface area (Å²) in [6.45, 7) is -0.581. The molecular weight excluding hydrogens is 212 g/mol. The van der Waals surface area contributed by atoms with E-state index >= 15 is 0 Å². The van der Waals surface area contributed by atoms with Gasteiger partial charge in [0.2, 0.25) is 0 Å². The Balaban J connectivity index is 2.95. The quantitative estimate of drug-likeness (QED) is 0.545. The van der Waals surface area contributed by atoms with E-state index in [1.54, 1.807) is 12.1 Å². The fourth-order valence-electron chi connectivity index (χ4n) is 1.20. The summed E-state index contributed by atoms with van der Waals surface area (Å²) >= 11 is 0.